The van der Waals surface area contributed by atoms with E-state index in [4.69, 9.17) is 0 Å². The van der Waals surface area contributed by atoms with Gasteiger partial charge in [0, 0.05) is 30.2 Å². The van der Waals surface area contributed by atoms with Gasteiger partial charge in [0.05, 0.1) is 13.0 Å². The van der Waals surface area contributed by atoms with Gasteiger partial charge >= 0.3 is 0 Å². The van der Waals surface area contributed by atoms with Gasteiger partial charge in [0.15, 0.2) is 0 Å². The molecule has 1 aliphatic heterocycles. The van der Waals surface area contributed by atoms with E-state index in [-0.39, 0.29) is 18.4 Å². The fourth-order valence-electron chi connectivity index (χ4n) is 2.57. The van der Waals surface area contributed by atoms with Crippen LogP contribution in [-0.2, 0) is 16.0 Å². The number of hydrogen-bond acceptors (Lipinski definition) is 2. The van der Waals surface area contributed by atoms with Gasteiger partial charge in [0.25, 0.3) is 0 Å². The summed E-state index contributed by atoms with van der Waals surface area (Å²) in [6, 6.07) is 7.92. The molecule has 104 valence electrons. The van der Waals surface area contributed by atoms with Gasteiger partial charge in [-0.2, -0.15) is 0 Å². The molecule has 0 atom stereocenters. The fraction of sp³-hybridized carbons (Fsp3) is 0.333. The molecule has 20 heavy (non-hydrogen) atoms. The third-order valence-electron chi connectivity index (χ3n) is 3.63. The molecule has 2 N–H and O–H groups in total. The molecule has 0 bridgehead atoms. The minimum atomic E-state index is -0.0743. The summed E-state index contributed by atoms with van der Waals surface area (Å²) in [6.07, 6.45) is 3.02. The summed E-state index contributed by atoms with van der Waals surface area (Å²) in [5.41, 5.74) is 2.01. The second-order valence-corrected chi connectivity index (χ2v) is 5.06. The van der Waals surface area contributed by atoms with Crippen LogP contribution in [0.3, 0.4) is 0 Å². The third kappa shape index (κ3) is 2.52. The first-order valence-corrected chi connectivity index (χ1v) is 6.83. The van der Waals surface area contributed by atoms with Crippen LogP contribution < -0.4 is 5.32 Å². The van der Waals surface area contributed by atoms with Crippen molar-refractivity contribution in [3.8, 4) is 0 Å². The highest BCUT2D eigenvalue weighted by Crippen LogP contribution is 2.18. The van der Waals surface area contributed by atoms with Gasteiger partial charge < -0.3 is 15.2 Å². The van der Waals surface area contributed by atoms with Gasteiger partial charge in [-0.15, -0.1) is 0 Å². The molecule has 1 aliphatic rings. The Bertz CT molecular complexity index is 647. The van der Waals surface area contributed by atoms with Gasteiger partial charge in [-0.1, -0.05) is 18.2 Å². The number of fused-ring (bicyclic) bond motifs is 1. The smallest absolute Gasteiger partial charge is 0.239 e. The van der Waals surface area contributed by atoms with Crippen LogP contribution in [0.2, 0.25) is 0 Å². The van der Waals surface area contributed by atoms with E-state index >= 15 is 0 Å². The number of benzene rings is 1. The van der Waals surface area contributed by atoms with Crippen LogP contribution in [0, 0.1) is 0 Å². The number of para-hydroxylation sites is 1. The molecule has 2 heterocycles. The maximum absolute atomic E-state index is 12.3. The quantitative estimate of drug-likeness (QED) is 0.857. The molecule has 3 rings (SSSR count). The number of aromatic amines is 1. The van der Waals surface area contributed by atoms with Crippen LogP contribution in [0.15, 0.2) is 30.5 Å². The molecule has 1 aromatic heterocycles. The monoisotopic (exact) mass is 271 g/mol. The first-order valence-electron chi connectivity index (χ1n) is 6.83. The maximum atomic E-state index is 12.3. The van der Waals surface area contributed by atoms with Crippen molar-refractivity contribution < 1.29 is 9.59 Å². The second-order valence-electron chi connectivity index (χ2n) is 5.06. The van der Waals surface area contributed by atoms with E-state index in [1.54, 1.807) is 4.90 Å². The van der Waals surface area contributed by atoms with Gasteiger partial charge in [0.1, 0.15) is 0 Å². The van der Waals surface area contributed by atoms with E-state index in [9.17, 15) is 9.59 Å². The molecule has 1 aromatic carbocycles. The lowest BCUT2D eigenvalue weighted by molar-refractivity contribution is -0.134. The van der Waals surface area contributed by atoms with Gasteiger partial charge in [0.2, 0.25) is 11.8 Å². The minimum absolute atomic E-state index is 0.00630. The lowest BCUT2D eigenvalue weighted by atomic mass is 10.1. The summed E-state index contributed by atoms with van der Waals surface area (Å²) in [6.45, 7) is 1.46. The highest BCUT2D eigenvalue weighted by atomic mass is 16.2. The van der Waals surface area contributed by atoms with Crippen molar-refractivity contribution in [2.75, 3.05) is 19.6 Å². The molecule has 5 heteroatoms. The number of amides is 2. The van der Waals surface area contributed by atoms with Crippen molar-refractivity contribution in [1.29, 1.82) is 0 Å². The van der Waals surface area contributed by atoms with Crippen LogP contribution in [-0.4, -0.2) is 41.3 Å². The lowest BCUT2D eigenvalue weighted by Crippen LogP contribution is -2.38. The molecule has 1 saturated heterocycles. The standard InChI is InChI=1S/C15H17N3O2/c19-14-10-18(7-3-6-16-14)15(20)8-11-9-17-13-5-2-1-4-12(11)13/h1-2,4-5,9,17H,3,6-8,10H2,(H,16,19). The first-order chi connectivity index (χ1) is 9.74. The van der Waals surface area contributed by atoms with E-state index in [2.05, 4.69) is 10.3 Å². The summed E-state index contributed by atoms with van der Waals surface area (Å²) < 4.78 is 0. The lowest BCUT2D eigenvalue weighted by Gasteiger charge is -2.18. The molecule has 0 radical (unpaired) electrons. The number of H-pyrrole nitrogens is 1. The van der Waals surface area contributed by atoms with Crippen molar-refractivity contribution in [3.05, 3.63) is 36.0 Å². The average Bonchev–Trinajstić information content (AvgIpc) is 2.72. The zero-order valence-electron chi connectivity index (χ0n) is 11.2. The van der Waals surface area contributed by atoms with Gasteiger partial charge in [-0.25, -0.2) is 0 Å². The Kier molecular flexibility index (Phi) is 3.41. The molecule has 2 amide bonds. The van der Waals surface area contributed by atoms with Gasteiger partial charge in [-0.3, -0.25) is 9.59 Å². The molecular formula is C15H17N3O2. The summed E-state index contributed by atoms with van der Waals surface area (Å²) in [5.74, 6) is -0.0680. The number of nitrogens with zero attached hydrogens (tertiary/aromatic N) is 1. The summed E-state index contributed by atoms with van der Waals surface area (Å²) in [7, 11) is 0. The fourth-order valence-corrected chi connectivity index (χ4v) is 2.57. The first kappa shape index (κ1) is 12.7. The second kappa shape index (κ2) is 5.36. The van der Waals surface area contributed by atoms with E-state index < -0.39 is 0 Å². The van der Waals surface area contributed by atoms with Gasteiger partial charge in [-0.05, 0) is 18.1 Å². The molecule has 0 spiro atoms. The zero-order valence-corrected chi connectivity index (χ0v) is 11.2. The SMILES string of the molecule is O=C1CN(C(=O)Cc2c[nH]c3ccccc23)CCCN1. The third-order valence-corrected chi connectivity index (χ3v) is 3.63. The Morgan fingerprint density at radius 2 is 2.15 bits per heavy atom. The zero-order chi connectivity index (χ0) is 13.9. The Balaban J connectivity index is 1.76. The number of aromatic nitrogens is 1. The van der Waals surface area contributed by atoms with E-state index in [0.29, 0.717) is 19.5 Å². The molecule has 0 aliphatic carbocycles. The summed E-state index contributed by atoms with van der Waals surface area (Å²) in [5, 5.41) is 3.85. The number of rotatable bonds is 2. The number of carbonyl (C=O) groups excluding carboxylic acids is 2. The Morgan fingerprint density at radius 3 is 3.05 bits per heavy atom. The highest BCUT2D eigenvalue weighted by Gasteiger charge is 2.20. The number of hydrogen-bond donors (Lipinski definition) is 2. The highest BCUT2D eigenvalue weighted by molar-refractivity contribution is 5.90. The summed E-state index contributed by atoms with van der Waals surface area (Å²) in [4.78, 5) is 28.7. The van der Waals surface area contributed by atoms with E-state index in [1.165, 1.54) is 0 Å². The Morgan fingerprint density at radius 1 is 1.30 bits per heavy atom. The number of carbonyl (C=O) groups is 2. The molecule has 0 saturated carbocycles. The predicted octanol–water partition coefficient (Wildman–Crippen LogP) is 1.06. The van der Waals surface area contributed by atoms with E-state index in [0.717, 1.165) is 22.9 Å². The van der Waals surface area contributed by atoms with Crippen molar-refractivity contribution in [1.82, 2.24) is 15.2 Å². The molecule has 1 fully saturated rings. The maximum Gasteiger partial charge on any atom is 0.239 e. The minimum Gasteiger partial charge on any atom is -0.361 e. The van der Waals surface area contributed by atoms with Crippen molar-refractivity contribution in [2.45, 2.75) is 12.8 Å². The Hall–Kier alpha value is -2.30. The van der Waals surface area contributed by atoms with Crippen molar-refractivity contribution in [3.63, 3.8) is 0 Å². The van der Waals surface area contributed by atoms with E-state index in [1.807, 2.05) is 30.5 Å². The topological polar surface area (TPSA) is 65.2 Å². The summed E-state index contributed by atoms with van der Waals surface area (Å²) >= 11 is 0. The van der Waals surface area contributed by atoms with Crippen LogP contribution in [0.5, 0.6) is 0 Å². The predicted molar refractivity (Wildman–Crippen MR) is 76.2 cm³/mol. The van der Waals surface area contributed by atoms with Crippen LogP contribution in [0.4, 0.5) is 0 Å². The van der Waals surface area contributed by atoms with Crippen LogP contribution >= 0.6 is 0 Å². The molecular weight excluding hydrogens is 254 g/mol. The molecule has 5 nitrogen and oxygen atoms in total. The normalized spacial score (nSPS) is 16.0. The number of nitrogens with one attached hydrogen (secondary N) is 2. The van der Waals surface area contributed by atoms with Crippen LogP contribution in [0.25, 0.3) is 10.9 Å². The molecule has 0 unspecified atom stereocenters. The van der Waals surface area contributed by atoms with Crippen molar-refractivity contribution in [2.24, 2.45) is 0 Å². The van der Waals surface area contributed by atoms with Crippen molar-refractivity contribution >= 4 is 22.7 Å². The van der Waals surface area contributed by atoms with Crippen LogP contribution in [0.1, 0.15) is 12.0 Å². The molecule has 2 aromatic rings. The average molecular weight is 271 g/mol. The Labute approximate surface area is 117 Å². The largest absolute Gasteiger partial charge is 0.361 e.